The molecule has 0 atom stereocenters. The fourth-order valence-electron chi connectivity index (χ4n) is 3.89. The molecule has 1 aromatic rings. The van der Waals surface area contributed by atoms with Crippen molar-refractivity contribution in [1.29, 1.82) is 0 Å². The van der Waals surface area contributed by atoms with Crippen LogP contribution in [0.4, 0.5) is 0 Å². The van der Waals surface area contributed by atoms with Crippen molar-refractivity contribution in [1.82, 2.24) is 20.5 Å². The van der Waals surface area contributed by atoms with E-state index >= 15 is 0 Å². The number of halogens is 1. The molecule has 8 heteroatoms. The Hall–Kier alpha value is -0.0600. The number of rotatable bonds is 6. The highest BCUT2D eigenvalue weighted by Crippen LogP contribution is 2.36. The Morgan fingerprint density at radius 3 is 2.62 bits per heavy atom. The first-order valence-corrected chi connectivity index (χ1v) is 11.5. The van der Waals surface area contributed by atoms with Crippen molar-refractivity contribution >= 4 is 53.0 Å². The largest absolute Gasteiger partial charge is 0.357 e. The van der Waals surface area contributed by atoms with Crippen LogP contribution in [0.3, 0.4) is 0 Å². The summed E-state index contributed by atoms with van der Waals surface area (Å²) in [5.41, 5.74) is 0.328. The molecule has 0 radical (unpaired) electrons. The van der Waals surface area contributed by atoms with Crippen molar-refractivity contribution in [3.05, 3.63) is 16.1 Å². The second-order valence-corrected chi connectivity index (χ2v) is 9.49. The molecule has 1 aromatic heterocycles. The van der Waals surface area contributed by atoms with Crippen molar-refractivity contribution < 1.29 is 0 Å². The van der Waals surface area contributed by atoms with Crippen molar-refractivity contribution in [3.63, 3.8) is 0 Å². The van der Waals surface area contributed by atoms with E-state index < -0.39 is 0 Å². The molecule has 3 rings (SSSR count). The molecule has 2 fully saturated rings. The smallest absolute Gasteiger partial charge is 0.191 e. The van der Waals surface area contributed by atoms with Gasteiger partial charge >= 0.3 is 0 Å². The Morgan fingerprint density at radius 2 is 2.00 bits per heavy atom. The topological polar surface area (TPSA) is 52.6 Å². The predicted octanol–water partition coefficient (Wildman–Crippen LogP) is 3.49. The number of hydrogen-bond donors (Lipinski definition) is 2. The number of nitrogens with zero attached hydrogens (tertiary/aromatic N) is 3. The molecule has 2 heterocycles. The summed E-state index contributed by atoms with van der Waals surface area (Å²) in [7, 11) is 0. The predicted molar refractivity (Wildman–Crippen MR) is 125 cm³/mol. The average Bonchev–Trinajstić information content (AvgIpc) is 3.28. The SMILES string of the molecule is CCNC(=NCc1ncc(C)s1)NCC1(N2CCSCC2)CCCC1.I. The number of thioether (sulfide) groups is 1. The van der Waals surface area contributed by atoms with Gasteiger partial charge in [-0.1, -0.05) is 12.8 Å². The average molecular weight is 510 g/mol. The number of aliphatic imine (C=N–C) groups is 1. The van der Waals surface area contributed by atoms with Gasteiger partial charge in [-0.15, -0.1) is 35.3 Å². The van der Waals surface area contributed by atoms with Gasteiger partial charge in [-0.25, -0.2) is 9.98 Å². The maximum absolute atomic E-state index is 4.75. The van der Waals surface area contributed by atoms with Gasteiger partial charge in [-0.3, -0.25) is 4.90 Å². The number of nitrogens with one attached hydrogen (secondary N) is 2. The minimum Gasteiger partial charge on any atom is -0.357 e. The Balaban J connectivity index is 0.00000243. The fraction of sp³-hybridized carbons (Fsp3) is 0.778. The van der Waals surface area contributed by atoms with Crippen molar-refractivity contribution in [2.24, 2.45) is 4.99 Å². The number of aryl methyl sites for hydroxylation is 1. The molecule has 2 aliphatic rings. The number of guanidine groups is 1. The maximum Gasteiger partial charge on any atom is 0.191 e. The van der Waals surface area contributed by atoms with Gasteiger partial charge in [0.15, 0.2) is 5.96 Å². The summed E-state index contributed by atoms with van der Waals surface area (Å²) in [6.07, 6.45) is 7.28. The quantitative estimate of drug-likeness (QED) is 0.350. The Bertz CT molecular complexity index is 566. The number of thiazole rings is 1. The van der Waals surface area contributed by atoms with E-state index in [1.54, 1.807) is 11.3 Å². The van der Waals surface area contributed by atoms with Crippen LogP contribution in [0.15, 0.2) is 11.2 Å². The second kappa shape index (κ2) is 11.1. The Labute approximate surface area is 183 Å². The Kier molecular flexibility index (Phi) is 9.46. The molecule has 26 heavy (non-hydrogen) atoms. The summed E-state index contributed by atoms with van der Waals surface area (Å²) in [5.74, 6) is 3.48. The lowest BCUT2D eigenvalue weighted by atomic mass is 9.94. The third-order valence-corrected chi connectivity index (χ3v) is 7.03. The van der Waals surface area contributed by atoms with Crippen LogP contribution in [0.1, 0.15) is 42.5 Å². The maximum atomic E-state index is 4.75. The lowest BCUT2D eigenvalue weighted by Gasteiger charge is -2.43. The zero-order valence-electron chi connectivity index (χ0n) is 15.9. The summed E-state index contributed by atoms with van der Waals surface area (Å²) >= 11 is 3.82. The molecule has 5 nitrogen and oxygen atoms in total. The second-order valence-electron chi connectivity index (χ2n) is 6.94. The number of hydrogen-bond acceptors (Lipinski definition) is 5. The van der Waals surface area contributed by atoms with Crippen molar-refractivity contribution in [2.75, 3.05) is 37.7 Å². The molecule has 2 N–H and O–H groups in total. The number of aromatic nitrogens is 1. The van der Waals surface area contributed by atoms with E-state index in [0.29, 0.717) is 12.1 Å². The first kappa shape index (κ1) is 22.2. The minimum atomic E-state index is 0. The van der Waals surface area contributed by atoms with Crippen molar-refractivity contribution in [2.45, 2.75) is 51.6 Å². The van der Waals surface area contributed by atoms with E-state index in [0.717, 1.165) is 24.1 Å². The zero-order chi connectivity index (χ0) is 17.5. The van der Waals surface area contributed by atoms with E-state index in [1.165, 1.54) is 55.2 Å². The third kappa shape index (κ3) is 5.97. The van der Waals surface area contributed by atoms with Crippen LogP contribution in [0.2, 0.25) is 0 Å². The summed E-state index contributed by atoms with van der Waals surface area (Å²) in [6.45, 7) is 9.22. The molecule has 0 unspecified atom stereocenters. The van der Waals surface area contributed by atoms with Gasteiger partial charge in [0.2, 0.25) is 0 Å². The molecule has 0 bridgehead atoms. The highest BCUT2D eigenvalue weighted by Gasteiger charge is 2.39. The van der Waals surface area contributed by atoms with Crippen LogP contribution in [0.25, 0.3) is 0 Å². The lowest BCUT2D eigenvalue weighted by Crippen LogP contribution is -2.57. The Morgan fingerprint density at radius 1 is 1.27 bits per heavy atom. The van der Waals surface area contributed by atoms with Gasteiger partial charge in [0, 0.05) is 54.3 Å². The van der Waals surface area contributed by atoms with E-state index in [1.807, 2.05) is 6.20 Å². The van der Waals surface area contributed by atoms with E-state index in [-0.39, 0.29) is 24.0 Å². The molecule has 1 saturated heterocycles. The van der Waals surface area contributed by atoms with Crippen LogP contribution >= 0.6 is 47.1 Å². The first-order chi connectivity index (χ1) is 12.2. The third-order valence-electron chi connectivity index (χ3n) is 5.19. The van der Waals surface area contributed by atoms with Crippen LogP contribution in [-0.2, 0) is 6.54 Å². The van der Waals surface area contributed by atoms with Gasteiger partial charge in [0.25, 0.3) is 0 Å². The molecule has 0 spiro atoms. The molecule has 0 amide bonds. The highest BCUT2D eigenvalue weighted by atomic mass is 127. The molecule has 0 aromatic carbocycles. The van der Waals surface area contributed by atoms with E-state index in [4.69, 9.17) is 4.99 Å². The van der Waals surface area contributed by atoms with Gasteiger partial charge in [-0.05, 0) is 26.7 Å². The van der Waals surface area contributed by atoms with Gasteiger partial charge in [0.05, 0.1) is 6.54 Å². The van der Waals surface area contributed by atoms with Crippen LogP contribution in [0, 0.1) is 6.92 Å². The summed E-state index contributed by atoms with van der Waals surface area (Å²) in [6, 6.07) is 0. The standard InChI is InChI=1S/C18H31N5S2.HI/c1-3-19-17(21-13-16-20-12-15(2)25-16)22-14-18(6-4-5-7-18)23-8-10-24-11-9-23;/h12H,3-11,13-14H2,1-2H3,(H2,19,21,22);1H. The van der Waals surface area contributed by atoms with Gasteiger partial charge < -0.3 is 10.6 Å². The van der Waals surface area contributed by atoms with Crippen LogP contribution < -0.4 is 10.6 Å². The molecule has 1 aliphatic heterocycles. The van der Waals surface area contributed by atoms with Gasteiger partial charge in [-0.2, -0.15) is 11.8 Å². The fourth-order valence-corrected chi connectivity index (χ4v) is 5.50. The molecular formula is C18H32IN5S2. The van der Waals surface area contributed by atoms with Crippen molar-refractivity contribution in [3.8, 4) is 0 Å². The summed E-state index contributed by atoms with van der Waals surface area (Å²) < 4.78 is 0. The van der Waals surface area contributed by atoms with Crippen LogP contribution in [-0.4, -0.2) is 59.1 Å². The molecule has 1 aliphatic carbocycles. The minimum absolute atomic E-state index is 0. The molecule has 1 saturated carbocycles. The normalized spacial score (nSPS) is 20.6. The molecule has 148 valence electrons. The highest BCUT2D eigenvalue weighted by molar-refractivity contribution is 14.0. The zero-order valence-corrected chi connectivity index (χ0v) is 19.9. The van der Waals surface area contributed by atoms with E-state index in [2.05, 4.69) is 46.1 Å². The van der Waals surface area contributed by atoms with E-state index in [9.17, 15) is 0 Å². The van der Waals surface area contributed by atoms with Crippen LogP contribution in [0.5, 0.6) is 0 Å². The summed E-state index contributed by atoms with van der Waals surface area (Å²) in [4.78, 5) is 13.2. The lowest BCUT2D eigenvalue weighted by molar-refractivity contribution is 0.107. The van der Waals surface area contributed by atoms with Gasteiger partial charge in [0.1, 0.15) is 5.01 Å². The first-order valence-electron chi connectivity index (χ1n) is 9.48. The molecular weight excluding hydrogens is 477 g/mol. The monoisotopic (exact) mass is 509 g/mol. The summed E-state index contributed by atoms with van der Waals surface area (Å²) in [5, 5.41) is 8.12.